The Bertz CT molecular complexity index is 444. The minimum Gasteiger partial charge on any atom is -0.466 e. The number of carbonyl (C=O) groups is 1. The highest BCUT2D eigenvalue weighted by molar-refractivity contribution is 7.80. The second-order valence-electron chi connectivity index (χ2n) is 6.35. The van der Waals surface area contributed by atoms with Gasteiger partial charge in [0.1, 0.15) is 0 Å². The average molecular weight is 308 g/mol. The van der Waals surface area contributed by atoms with Crippen molar-refractivity contribution in [2.24, 2.45) is 17.8 Å². The van der Waals surface area contributed by atoms with Gasteiger partial charge in [-0.05, 0) is 56.7 Å². The molecule has 0 aromatic rings. The third-order valence-corrected chi connectivity index (χ3v) is 5.37. The zero-order chi connectivity index (χ0) is 14.8. The Morgan fingerprint density at radius 3 is 2.67 bits per heavy atom. The van der Waals surface area contributed by atoms with E-state index < -0.39 is 0 Å². The van der Waals surface area contributed by atoms with Crippen molar-refractivity contribution >= 4 is 23.3 Å². The van der Waals surface area contributed by atoms with Crippen LogP contribution >= 0.6 is 12.2 Å². The predicted molar refractivity (Wildman–Crippen MR) is 85.8 cm³/mol. The third-order valence-electron chi connectivity index (χ3n) is 4.99. The molecule has 0 spiro atoms. The van der Waals surface area contributed by atoms with Gasteiger partial charge in [0.2, 0.25) is 0 Å². The van der Waals surface area contributed by atoms with Crippen molar-refractivity contribution in [2.75, 3.05) is 19.7 Å². The van der Waals surface area contributed by atoms with Gasteiger partial charge in [-0.3, -0.25) is 4.79 Å². The highest BCUT2D eigenvalue weighted by Crippen LogP contribution is 2.39. The molecule has 1 N–H and O–H groups in total. The number of allylic oxidation sites excluding steroid dienone is 1. The second kappa shape index (κ2) is 6.34. The Hall–Kier alpha value is -1.10. The van der Waals surface area contributed by atoms with Crippen molar-refractivity contribution in [3.8, 4) is 0 Å². The number of piperidine rings is 1. The van der Waals surface area contributed by atoms with Crippen LogP contribution in [-0.4, -0.2) is 41.7 Å². The molecule has 21 heavy (non-hydrogen) atoms. The van der Waals surface area contributed by atoms with Gasteiger partial charge in [0, 0.05) is 19.1 Å². The number of hydrogen-bond acceptors (Lipinski definition) is 3. The number of rotatable bonds is 3. The van der Waals surface area contributed by atoms with Gasteiger partial charge in [0.25, 0.3) is 0 Å². The van der Waals surface area contributed by atoms with Crippen LogP contribution in [0.25, 0.3) is 0 Å². The van der Waals surface area contributed by atoms with Gasteiger partial charge in [-0.15, -0.1) is 0 Å². The van der Waals surface area contributed by atoms with Gasteiger partial charge in [-0.2, -0.15) is 0 Å². The quantitative estimate of drug-likeness (QED) is 0.491. The minimum absolute atomic E-state index is 0.0470. The van der Waals surface area contributed by atoms with Crippen molar-refractivity contribution in [1.82, 2.24) is 10.2 Å². The van der Waals surface area contributed by atoms with E-state index in [1.165, 1.54) is 12.8 Å². The number of likely N-dealkylation sites (tertiary alicyclic amines) is 1. The number of fused-ring (bicyclic) bond motifs is 2. The van der Waals surface area contributed by atoms with Crippen LogP contribution in [0.4, 0.5) is 0 Å². The molecule has 5 heteroatoms. The molecule has 4 nitrogen and oxygen atoms in total. The molecular weight excluding hydrogens is 284 g/mol. The van der Waals surface area contributed by atoms with Crippen LogP contribution in [0.3, 0.4) is 0 Å². The fourth-order valence-electron chi connectivity index (χ4n) is 3.77. The molecule has 1 saturated carbocycles. The molecule has 0 aromatic carbocycles. The Kier molecular flexibility index (Phi) is 4.48. The van der Waals surface area contributed by atoms with Crippen molar-refractivity contribution in [2.45, 2.75) is 38.6 Å². The van der Waals surface area contributed by atoms with Crippen molar-refractivity contribution in [3.05, 3.63) is 12.2 Å². The van der Waals surface area contributed by atoms with Crippen LogP contribution in [0, 0.1) is 17.8 Å². The first-order valence-electron chi connectivity index (χ1n) is 8.07. The summed E-state index contributed by atoms with van der Waals surface area (Å²) >= 11 is 5.56. The normalized spacial score (nSPS) is 31.5. The second-order valence-corrected chi connectivity index (χ2v) is 6.74. The summed E-state index contributed by atoms with van der Waals surface area (Å²) in [7, 11) is 0. The number of nitrogens with zero attached hydrogens (tertiary/aromatic N) is 1. The smallest absolute Gasteiger partial charge is 0.309 e. The standard InChI is InChI=1S/C16H24N2O2S/c1-2-20-15(19)12-5-7-18(8-6-12)16(21)17-14-10-11-3-4-13(14)9-11/h3-4,11-14H,2,5-10H2,1H3,(H,17,21)/t11-,13+,14-/m0/s1. The van der Waals surface area contributed by atoms with E-state index in [1.54, 1.807) is 0 Å². The molecule has 0 aromatic heterocycles. The summed E-state index contributed by atoms with van der Waals surface area (Å²) in [5.74, 6) is 1.42. The molecule has 0 unspecified atom stereocenters. The van der Waals surface area contributed by atoms with Gasteiger partial charge in [0.05, 0.1) is 12.5 Å². The first-order valence-corrected chi connectivity index (χ1v) is 8.48. The molecule has 0 amide bonds. The number of hydrogen-bond donors (Lipinski definition) is 1. The van der Waals surface area contributed by atoms with E-state index in [0.717, 1.165) is 37.0 Å². The summed E-state index contributed by atoms with van der Waals surface area (Å²) in [6.07, 6.45) is 8.86. The molecule has 3 atom stereocenters. The van der Waals surface area contributed by atoms with Gasteiger partial charge in [-0.25, -0.2) is 0 Å². The molecule has 1 saturated heterocycles. The maximum atomic E-state index is 11.7. The third kappa shape index (κ3) is 3.23. The van der Waals surface area contributed by atoms with Gasteiger partial charge < -0.3 is 15.0 Å². The molecule has 2 aliphatic carbocycles. The maximum Gasteiger partial charge on any atom is 0.309 e. The molecule has 0 radical (unpaired) electrons. The number of esters is 1. The summed E-state index contributed by atoms with van der Waals surface area (Å²) in [5, 5.41) is 4.40. The van der Waals surface area contributed by atoms with E-state index in [-0.39, 0.29) is 11.9 Å². The van der Waals surface area contributed by atoms with Crippen molar-refractivity contribution in [1.29, 1.82) is 0 Å². The molecule has 2 fully saturated rings. The first kappa shape index (κ1) is 14.8. The van der Waals surface area contributed by atoms with Crippen molar-refractivity contribution in [3.63, 3.8) is 0 Å². The lowest BCUT2D eigenvalue weighted by atomic mass is 9.97. The van der Waals surface area contributed by atoms with Gasteiger partial charge in [-0.1, -0.05) is 12.2 Å². The van der Waals surface area contributed by atoms with Crippen LogP contribution in [0.15, 0.2) is 12.2 Å². The highest BCUT2D eigenvalue weighted by atomic mass is 32.1. The van der Waals surface area contributed by atoms with Crippen LogP contribution < -0.4 is 5.32 Å². The van der Waals surface area contributed by atoms with E-state index in [9.17, 15) is 4.79 Å². The predicted octanol–water partition coefficient (Wildman–Crippen LogP) is 2.10. The zero-order valence-electron chi connectivity index (χ0n) is 12.6. The molecule has 3 aliphatic rings. The lowest BCUT2D eigenvalue weighted by molar-refractivity contribution is -0.149. The fourth-order valence-corrected chi connectivity index (χ4v) is 4.11. The Morgan fingerprint density at radius 2 is 2.10 bits per heavy atom. The summed E-state index contributed by atoms with van der Waals surface area (Å²) in [5.41, 5.74) is 0. The largest absolute Gasteiger partial charge is 0.466 e. The van der Waals surface area contributed by atoms with E-state index in [0.29, 0.717) is 18.6 Å². The molecular formula is C16H24N2O2S. The van der Waals surface area contributed by atoms with E-state index in [2.05, 4.69) is 22.4 Å². The number of thiocarbonyl (C=S) groups is 1. The van der Waals surface area contributed by atoms with E-state index >= 15 is 0 Å². The Balaban J connectivity index is 1.45. The topological polar surface area (TPSA) is 41.6 Å². The Morgan fingerprint density at radius 1 is 1.33 bits per heavy atom. The van der Waals surface area contributed by atoms with E-state index in [4.69, 9.17) is 17.0 Å². The molecule has 1 heterocycles. The lowest BCUT2D eigenvalue weighted by Gasteiger charge is -2.34. The fraction of sp³-hybridized carbons (Fsp3) is 0.750. The Labute approximate surface area is 131 Å². The number of carbonyl (C=O) groups excluding carboxylic acids is 1. The SMILES string of the molecule is CCOC(=O)C1CCN(C(=S)N[C@H]2C[C@H]3C=C[C@@H]2C3)CC1. The van der Waals surface area contributed by atoms with Crippen LogP contribution in [0.2, 0.25) is 0 Å². The van der Waals surface area contributed by atoms with Crippen molar-refractivity contribution < 1.29 is 9.53 Å². The molecule has 3 rings (SSSR count). The monoisotopic (exact) mass is 308 g/mol. The number of ether oxygens (including phenoxy) is 1. The van der Waals surface area contributed by atoms with Crippen LogP contribution in [0.5, 0.6) is 0 Å². The van der Waals surface area contributed by atoms with Gasteiger partial charge >= 0.3 is 5.97 Å². The summed E-state index contributed by atoms with van der Waals surface area (Å²) in [6.45, 7) is 4.03. The minimum atomic E-state index is -0.0470. The molecule has 116 valence electrons. The van der Waals surface area contributed by atoms with E-state index in [1.807, 2.05) is 6.92 Å². The van der Waals surface area contributed by atoms with Crippen LogP contribution in [-0.2, 0) is 9.53 Å². The number of nitrogens with one attached hydrogen (secondary N) is 1. The summed E-state index contributed by atoms with van der Waals surface area (Å²) < 4.78 is 5.10. The van der Waals surface area contributed by atoms with Gasteiger partial charge in [0.15, 0.2) is 5.11 Å². The summed E-state index contributed by atoms with van der Waals surface area (Å²) in [4.78, 5) is 14.0. The highest BCUT2D eigenvalue weighted by Gasteiger charge is 2.36. The molecule has 2 bridgehead atoms. The lowest BCUT2D eigenvalue weighted by Crippen LogP contribution is -2.49. The average Bonchev–Trinajstić information content (AvgIpc) is 3.10. The maximum absolute atomic E-state index is 11.7. The zero-order valence-corrected chi connectivity index (χ0v) is 13.4. The summed E-state index contributed by atoms with van der Waals surface area (Å²) in [6, 6.07) is 0.510. The first-order chi connectivity index (χ1) is 10.2. The molecule has 1 aliphatic heterocycles. The van der Waals surface area contributed by atoms with Crippen LogP contribution in [0.1, 0.15) is 32.6 Å².